The fourth-order valence-corrected chi connectivity index (χ4v) is 4.41. The summed E-state index contributed by atoms with van der Waals surface area (Å²) in [5, 5.41) is 2.38. The molecule has 2 aromatic heterocycles. The smallest absolute Gasteiger partial charge is 0.246 e. The van der Waals surface area contributed by atoms with Crippen LogP contribution in [0.15, 0.2) is 17.7 Å². The molecular weight excluding hydrogens is 360 g/mol. The number of nitrogens with zero attached hydrogens (tertiary/aromatic N) is 4. The molecule has 0 spiro atoms. The minimum Gasteiger partial charge on any atom is -0.377 e. The van der Waals surface area contributed by atoms with Crippen LogP contribution in [-0.4, -0.2) is 70.5 Å². The lowest BCUT2D eigenvalue weighted by molar-refractivity contribution is -0.127. The van der Waals surface area contributed by atoms with Crippen LogP contribution >= 0.6 is 22.9 Å². The van der Waals surface area contributed by atoms with Crippen LogP contribution in [0.1, 0.15) is 18.5 Å². The number of fused-ring (bicyclic) bond motifs is 1. The molecular formula is C17H21ClN4O2S. The molecule has 0 aromatic carbocycles. The van der Waals surface area contributed by atoms with Crippen molar-refractivity contribution in [3.8, 4) is 0 Å². The highest BCUT2D eigenvalue weighted by atomic mass is 35.5. The Labute approximate surface area is 155 Å². The first-order chi connectivity index (χ1) is 12.2. The largest absolute Gasteiger partial charge is 0.377 e. The minimum absolute atomic E-state index is 0.0259. The fourth-order valence-electron chi connectivity index (χ4n) is 3.41. The van der Waals surface area contributed by atoms with Gasteiger partial charge in [0.1, 0.15) is 0 Å². The Kier molecular flexibility index (Phi) is 5.08. The molecule has 6 nitrogen and oxygen atoms in total. The summed E-state index contributed by atoms with van der Waals surface area (Å²) in [6.07, 6.45) is 7.97. The van der Waals surface area contributed by atoms with Gasteiger partial charge in [0.25, 0.3) is 0 Å². The van der Waals surface area contributed by atoms with Gasteiger partial charge in [-0.15, -0.1) is 11.3 Å². The number of hydrogen-bond donors (Lipinski definition) is 0. The Morgan fingerprint density at radius 2 is 2.24 bits per heavy atom. The molecule has 2 aliphatic rings. The second-order valence-electron chi connectivity index (χ2n) is 6.44. The second kappa shape index (κ2) is 7.45. The summed E-state index contributed by atoms with van der Waals surface area (Å²) in [7, 11) is 0. The van der Waals surface area contributed by atoms with E-state index in [4.69, 9.17) is 16.3 Å². The zero-order valence-electron chi connectivity index (χ0n) is 13.9. The first kappa shape index (κ1) is 17.0. The van der Waals surface area contributed by atoms with Crippen LogP contribution in [0.5, 0.6) is 0 Å². The molecule has 134 valence electrons. The summed E-state index contributed by atoms with van der Waals surface area (Å²) in [6.45, 7) is 5.19. The van der Waals surface area contributed by atoms with E-state index in [2.05, 4.69) is 9.88 Å². The number of thiazole rings is 1. The lowest BCUT2D eigenvalue weighted by Gasteiger charge is -2.35. The molecule has 8 heteroatoms. The van der Waals surface area contributed by atoms with Crippen molar-refractivity contribution in [2.75, 3.05) is 39.3 Å². The van der Waals surface area contributed by atoms with Crippen molar-refractivity contribution >= 4 is 39.9 Å². The van der Waals surface area contributed by atoms with E-state index in [1.165, 1.54) is 17.8 Å². The standard InChI is InChI=1S/C17H21ClN4O2S/c18-16-14(22-9-11-25-17(22)19-16)3-4-15(23)21-7-5-20(6-8-21)12-13-2-1-10-24-13/h3-4,9,11,13H,1-2,5-8,10,12H2/b4-3-/t13-/m0/s1. The van der Waals surface area contributed by atoms with Crippen molar-refractivity contribution in [3.05, 3.63) is 28.5 Å². The van der Waals surface area contributed by atoms with E-state index in [9.17, 15) is 4.79 Å². The maximum atomic E-state index is 12.5. The van der Waals surface area contributed by atoms with Crippen molar-refractivity contribution < 1.29 is 9.53 Å². The van der Waals surface area contributed by atoms with E-state index in [0.29, 0.717) is 11.3 Å². The van der Waals surface area contributed by atoms with Gasteiger partial charge in [-0.25, -0.2) is 4.98 Å². The van der Waals surface area contributed by atoms with Crippen LogP contribution in [-0.2, 0) is 9.53 Å². The third-order valence-electron chi connectivity index (χ3n) is 4.81. The van der Waals surface area contributed by atoms with Crippen molar-refractivity contribution in [3.63, 3.8) is 0 Å². The molecule has 1 amide bonds. The average Bonchev–Trinajstić information content (AvgIpc) is 3.32. The summed E-state index contributed by atoms with van der Waals surface area (Å²) in [5.74, 6) is 0.0259. The molecule has 0 aliphatic carbocycles. The Balaban J connectivity index is 1.33. The Morgan fingerprint density at radius 1 is 1.40 bits per heavy atom. The van der Waals surface area contributed by atoms with Gasteiger partial charge in [0.05, 0.1) is 11.8 Å². The quantitative estimate of drug-likeness (QED) is 0.764. The molecule has 1 atom stereocenters. The highest BCUT2D eigenvalue weighted by Gasteiger charge is 2.24. The van der Waals surface area contributed by atoms with E-state index >= 15 is 0 Å². The third-order valence-corrected chi connectivity index (χ3v) is 5.84. The Bertz CT molecular complexity index is 773. The highest BCUT2D eigenvalue weighted by Crippen LogP contribution is 2.22. The zero-order chi connectivity index (χ0) is 17.2. The first-order valence-electron chi connectivity index (χ1n) is 8.63. The van der Waals surface area contributed by atoms with Gasteiger partial charge in [0, 0.05) is 57.0 Å². The number of imidazole rings is 1. The number of halogens is 1. The van der Waals surface area contributed by atoms with Crippen LogP contribution in [0.2, 0.25) is 5.15 Å². The summed E-state index contributed by atoms with van der Waals surface area (Å²) >= 11 is 7.68. The number of carbonyl (C=O) groups is 1. The van der Waals surface area contributed by atoms with Gasteiger partial charge in [-0.1, -0.05) is 11.6 Å². The monoisotopic (exact) mass is 380 g/mol. The lowest BCUT2D eigenvalue weighted by Crippen LogP contribution is -2.50. The average molecular weight is 381 g/mol. The van der Waals surface area contributed by atoms with Gasteiger partial charge in [0.15, 0.2) is 10.1 Å². The number of aromatic nitrogens is 2. The maximum absolute atomic E-state index is 12.5. The van der Waals surface area contributed by atoms with E-state index < -0.39 is 0 Å². The van der Waals surface area contributed by atoms with Crippen molar-refractivity contribution in [1.82, 2.24) is 19.2 Å². The molecule has 0 N–H and O–H groups in total. The normalized spacial score (nSPS) is 22.4. The summed E-state index contributed by atoms with van der Waals surface area (Å²) in [4.78, 5) is 21.8. The van der Waals surface area contributed by atoms with E-state index in [-0.39, 0.29) is 5.91 Å². The summed E-state index contributed by atoms with van der Waals surface area (Å²) in [5.41, 5.74) is 0.753. The molecule has 0 bridgehead atoms. The van der Waals surface area contributed by atoms with E-state index in [0.717, 1.165) is 56.4 Å². The van der Waals surface area contributed by atoms with Crippen molar-refractivity contribution in [2.45, 2.75) is 18.9 Å². The SMILES string of the molecule is O=C(/C=C\c1c(Cl)nc2sccn12)N1CCN(C[C@@H]2CCCO2)CC1. The van der Waals surface area contributed by atoms with Crippen LogP contribution < -0.4 is 0 Å². The number of piperazine rings is 1. The molecule has 4 heterocycles. The fraction of sp³-hybridized carbons (Fsp3) is 0.529. The van der Waals surface area contributed by atoms with E-state index in [1.54, 1.807) is 12.2 Å². The number of amides is 1. The zero-order valence-corrected chi connectivity index (χ0v) is 15.5. The third kappa shape index (κ3) is 3.74. The molecule has 2 saturated heterocycles. The highest BCUT2D eigenvalue weighted by molar-refractivity contribution is 7.15. The molecule has 2 fully saturated rings. The Hall–Kier alpha value is -1.41. The van der Waals surface area contributed by atoms with Crippen molar-refractivity contribution in [2.24, 2.45) is 0 Å². The lowest BCUT2D eigenvalue weighted by atomic mass is 10.2. The molecule has 25 heavy (non-hydrogen) atoms. The molecule has 4 rings (SSSR count). The Morgan fingerprint density at radius 3 is 3.00 bits per heavy atom. The first-order valence-corrected chi connectivity index (χ1v) is 9.88. The molecule has 0 radical (unpaired) electrons. The summed E-state index contributed by atoms with van der Waals surface area (Å²) < 4.78 is 7.60. The van der Waals surface area contributed by atoms with Crippen molar-refractivity contribution in [1.29, 1.82) is 0 Å². The van der Waals surface area contributed by atoms with E-state index in [1.807, 2.05) is 20.9 Å². The van der Waals surface area contributed by atoms with Gasteiger partial charge >= 0.3 is 0 Å². The maximum Gasteiger partial charge on any atom is 0.246 e. The van der Waals surface area contributed by atoms with Crippen LogP contribution in [0.3, 0.4) is 0 Å². The second-order valence-corrected chi connectivity index (χ2v) is 7.67. The molecule has 2 aromatic rings. The summed E-state index contributed by atoms with van der Waals surface area (Å²) in [6, 6.07) is 0. The van der Waals surface area contributed by atoms with Crippen LogP contribution in [0.25, 0.3) is 11.0 Å². The van der Waals surface area contributed by atoms with Crippen LogP contribution in [0.4, 0.5) is 0 Å². The number of carbonyl (C=O) groups excluding carboxylic acids is 1. The van der Waals surface area contributed by atoms with Gasteiger partial charge in [-0.3, -0.25) is 14.1 Å². The molecule has 0 unspecified atom stereocenters. The van der Waals surface area contributed by atoms with Gasteiger partial charge < -0.3 is 9.64 Å². The predicted molar refractivity (Wildman–Crippen MR) is 99.1 cm³/mol. The molecule has 0 saturated carbocycles. The number of ether oxygens (including phenoxy) is 1. The van der Waals surface area contributed by atoms with Gasteiger partial charge in [-0.05, 0) is 18.9 Å². The number of rotatable bonds is 4. The minimum atomic E-state index is 0.0259. The van der Waals surface area contributed by atoms with Gasteiger partial charge in [0.2, 0.25) is 5.91 Å². The van der Waals surface area contributed by atoms with Gasteiger partial charge in [-0.2, -0.15) is 0 Å². The predicted octanol–water partition coefficient (Wildman–Crippen LogP) is 2.39. The topological polar surface area (TPSA) is 50.1 Å². The molecule has 2 aliphatic heterocycles. The number of hydrogen-bond acceptors (Lipinski definition) is 5. The van der Waals surface area contributed by atoms with Crippen LogP contribution in [0, 0.1) is 0 Å².